The highest BCUT2D eigenvalue weighted by Gasteiger charge is 2.21. The van der Waals surface area contributed by atoms with E-state index in [2.05, 4.69) is 9.88 Å². The van der Waals surface area contributed by atoms with Gasteiger partial charge in [0.1, 0.15) is 11.6 Å². The van der Waals surface area contributed by atoms with Crippen LogP contribution in [0.15, 0.2) is 12.1 Å². The summed E-state index contributed by atoms with van der Waals surface area (Å²) in [6.45, 7) is 5.42. The molecule has 0 atom stereocenters. The summed E-state index contributed by atoms with van der Waals surface area (Å²) < 4.78 is 5.28. The molecular weight excluding hydrogens is 399 g/mol. The van der Waals surface area contributed by atoms with E-state index in [9.17, 15) is 4.79 Å². The average Bonchev–Trinajstić information content (AvgIpc) is 3.22. The van der Waals surface area contributed by atoms with Gasteiger partial charge < -0.3 is 14.5 Å². The van der Waals surface area contributed by atoms with Gasteiger partial charge in [-0.1, -0.05) is 30.1 Å². The predicted molar refractivity (Wildman–Crippen MR) is 113 cm³/mol. The van der Waals surface area contributed by atoms with Crippen molar-refractivity contribution in [1.82, 2.24) is 14.9 Å². The number of benzene rings is 1. The second-order valence-electron chi connectivity index (χ2n) is 6.92. The van der Waals surface area contributed by atoms with E-state index in [0.717, 1.165) is 37.1 Å². The number of likely N-dealkylation sites (tertiary alicyclic amines) is 1. The van der Waals surface area contributed by atoms with E-state index in [1.165, 1.54) is 0 Å². The monoisotopic (exact) mass is 424 g/mol. The van der Waals surface area contributed by atoms with Crippen LogP contribution in [0.25, 0.3) is 10.9 Å². The minimum Gasteiger partial charge on any atom is -0.383 e. The Morgan fingerprint density at radius 1 is 1.21 bits per heavy atom. The molecular formula is C20H26Cl2N4O2. The van der Waals surface area contributed by atoms with Crippen molar-refractivity contribution in [1.29, 1.82) is 0 Å². The molecule has 1 aliphatic rings. The zero-order chi connectivity index (χ0) is 20.1. The van der Waals surface area contributed by atoms with E-state index < -0.39 is 0 Å². The van der Waals surface area contributed by atoms with Crippen LogP contribution in [0.3, 0.4) is 0 Å². The van der Waals surface area contributed by atoms with Crippen molar-refractivity contribution in [3.05, 3.63) is 28.0 Å². The quantitative estimate of drug-likeness (QED) is 0.641. The maximum Gasteiger partial charge on any atom is 0.224 e. The van der Waals surface area contributed by atoms with Crippen molar-refractivity contribution >= 4 is 45.8 Å². The summed E-state index contributed by atoms with van der Waals surface area (Å²) in [5.74, 6) is 1.64. The highest BCUT2D eigenvalue weighted by atomic mass is 35.5. The third kappa shape index (κ3) is 4.85. The van der Waals surface area contributed by atoms with E-state index in [1.54, 1.807) is 13.2 Å². The number of hydrogen-bond donors (Lipinski definition) is 0. The molecule has 2 aromatic rings. The molecule has 1 aliphatic heterocycles. The Bertz CT molecular complexity index is 841. The van der Waals surface area contributed by atoms with Crippen LogP contribution < -0.4 is 4.90 Å². The topological polar surface area (TPSA) is 58.6 Å². The van der Waals surface area contributed by atoms with Gasteiger partial charge in [0, 0.05) is 56.5 Å². The third-order valence-electron chi connectivity index (χ3n) is 4.98. The molecule has 1 amide bonds. The smallest absolute Gasteiger partial charge is 0.224 e. The summed E-state index contributed by atoms with van der Waals surface area (Å²) in [6.07, 6.45) is 3.30. The molecule has 1 saturated heterocycles. The lowest BCUT2D eigenvalue weighted by molar-refractivity contribution is -0.129. The largest absolute Gasteiger partial charge is 0.383 e. The summed E-state index contributed by atoms with van der Waals surface area (Å²) in [5.41, 5.74) is 0.682. The van der Waals surface area contributed by atoms with Gasteiger partial charge >= 0.3 is 0 Å². The van der Waals surface area contributed by atoms with Crippen molar-refractivity contribution in [3.63, 3.8) is 0 Å². The molecule has 1 aromatic carbocycles. The first kappa shape index (κ1) is 21.1. The molecule has 0 unspecified atom stereocenters. The van der Waals surface area contributed by atoms with E-state index in [1.807, 2.05) is 17.9 Å². The molecule has 1 fully saturated rings. The number of fused-ring (bicyclic) bond motifs is 1. The molecule has 8 heteroatoms. The minimum absolute atomic E-state index is 0.185. The normalized spacial score (nSPS) is 14.1. The Morgan fingerprint density at radius 3 is 2.64 bits per heavy atom. The van der Waals surface area contributed by atoms with Crippen LogP contribution in [0.4, 0.5) is 5.82 Å². The lowest BCUT2D eigenvalue weighted by Crippen LogP contribution is -2.35. The van der Waals surface area contributed by atoms with E-state index in [0.29, 0.717) is 53.9 Å². The van der Waals surface area contributed by atoms with Gasteiger partial charge in [0.05, 0.1) is 17.1 Å². The predicted octanol–water partition coefficient (Wildman–Crippen LogP) is 3.96. The molecule has 152 valence electrons. The summed E-state index contributed by atoms with van der Waals surface area (Å²) >= 11 is 12.7. The molecule has 0 aliphatic carbocycles. The van der Waals surface area contributed by atoms with Crippen molar-refractivity contribution in [3.8, 4) is 0 Å². The molecule has 3 rings (SSSR count). The molecule has 0 spiro atoms. The number of hydrogen-bond acceptors (Lipinski definition) is 5. The maximum absolute atomic E-state index is 12.5. The number of ether oxygens (including phenoxy) is 1. The Hall–Kier alpha value is -1.63. The van der Waals surface area contributed by atoms with Crippen molar-refractivity contribution in [2.75, 3.05) is 44.8 Å². The molecule has 2 heterocycles. The average molecular weight is 425 g/mol. The van der Waals surface area contributed by atoms with Crippen molar-refractivity contribution in [2.24, 2.45) is 0 Å². The minimum atomic E-state index is 0.185. The first-order valence-electron chi connectivity index (χ1n) is 9.70. The number of nitrogens with zero attached hydrogens (tertiary/aromatic N) is 4. The van der Waals surface area contributed by atoms with Gasteiger partial charge in [0.2, 0.25) is 5.91 Å². The lowest BCUT2D eigenvalue weighted by atomic mass is 10.2. The molecule has 1 aromatic heterocycles. The number of carbonyl (C=O) groups excluding carboxylic acids is 1. The van der Waals surface area contributed by atoms with Crippen LogP contribution in [0.1, 0.15) is 32.0 Å². The number of aryl methyl sites for hydroxylation is 1. The summed E-state index contributed by atoms with van der Waals surface area (Å²) in [4.78, 5) is 25.9. The lowest BCUT2D eigenvalue weighted by Gasteiger charge is -2.26. The number of amides is 1. The van der Waals surface area contributed by atoms with Crippen LogP contribution in [0.2, 0.25) is 10.0 Å². The third-order valence-corrected chi connectivity index (χ3v) is 5.49. The van der Waals surface area contributed by atoms with E-state index in [4.69, 9.17) is 32.9 Å². The van der Waals surface area contributed by atoms with Crippen LogP contribution in [0.5, 0.6) is 0 Å². The van der Waals surface area contributed by atoms with Crippen LogP contribution in [-0.4, -0.2) is 60.7 Å². The fraction of sp³-hybridized carbons (Fsp3) is 0.550. The van der Waals surface area contributed by atoms with E-state index >= 15 is 0 Å². The van der Waals surface area contributed by atoms with Crippen LogP contribution >= 0.6 is 23.2 Å². The van der Waals surface area contributed by atoms with Crippen molar-refractivity contribution < 1.29 is 9.53 Å². The molecule has 0 radical (unpaired) electrons. The fourth-order valence-corrected chi connectivity index (χ4v) is 4.00. The van der Waals surface area contributed by atoms with Gasteiger partial charge in [-0.2, -0.15) is 0 Å². The summed E-state index contributed by atoms with van der Waals surface area (Å²) in [6, 6.07) is 3.53. The maximum atomic E-state index is 12.5. The highest BCUT2D eigenvalue weighted by molar-refractivity contribution is 6.38. The zero-order valence-corrected chi connectivity index (χ0v) is 17.9. The second-order valence-corrected chi connectivity index (χ2v) is 7.76. The Labute approximate surface area is 175 Å². The van der Waals surface area contributed by atoms with Gasteiger partial charge in [-0.15, -0.1) is 0 Å². The number of carbonyl (C=O) groups is 1. The number of rotatable bonds is 8. The molecule has 0 N–H and O–H groups in total. The second kappa shape index (κ2) is 9.72. The van der Waals surface area contributed by atoms with Gasteiger partial charge in [0.15, 0.2) is 0 Å². The summed E-state index contributed by atoms with van der Waals surface area (Å²) in [7, 11) is 1.66. The Balaban J connectivity index is 1.93. The van der Waals surface area contributed by atoms with Gasteiger partial charge in [-0.25, -0.2) is 9.97 Å². The number of halogens is 2. The van der Waals surface area contributed by atoms with Crippen LogP contribution in [0, 0.1) is 0 Å². The van der Waals surface area contributed by atoms with Gasteiger partial charge in [0.25, 0.3) is 0 Å². The molecule has 6 nitrogen and oxygen atoms in total. The van der Waals surface area contributed by atoms with Crippen LogP contribution in [-0.2, 0) is 16.0 Å². The number of aromatic nitrogens is 2. The molecule has 0 bridgehead atoms. The number of methoxy groups -OCH3 is 1. The molecule has 0 saturated carbocycles. The fourth-order valence-electron chi connectivity index (χ4n) is 3.47. The Morgan fingerprint density at radius 2 is 1.96 bits per heavy atom. The highest BCUT2D eigenvalue weighted by Crippen LogP contribution is 2.32. The molecule has 28 heavy (non-hydrogen) atoms. The SMILES string of the molecule is CCc1nc(N(CCOC)CCC(=O)N2CCCC2)c2cc(Cl)cc(Cl)c2n1. The van der Waals surface area contributed by atoms with E-state index in [-0.39, 0.29) is 5.91 Å². The zero-order valence-electron chi connectivity index (χ0n) is 16.4. The summed E-state index contributed by atoms with van der Waals surface area (Å²) in [5, 5.41) is 1.83. The van der Waals surface area contributed by atoms with Gasteiger partial charge in [-0.3, -0.25) is 4.79 Å². The van der Waals surface area contributed by atoms with Gasteiger partial charge in [-0.05, 0) is 25.0 Å². The standard InChI is InChI=1S/C20H26Cl2N4O2/c1-3-17-23-19-15(12-14(21)13-16(19)22)20(24-17)26(10-11-28-2)9-6-18(27)25-7-4-5-8-25/h12-13H,3-11H2,1-2H3. The first-order chi connectivity index (χ1) is 13.5. The first-order valence-corrected chi connectivity index (χ1v) is 10.5. The number of anilines is 1. The van der Waals surface area contributed by atoms with Crippen molar-refractivity contribution in [2.45, 2.75) is 32.6 Å². The Kier molecular flexibility index (Phi) is 7.32.